The van der Waals surface area contributed by atoms with Crippen molar-refractivity contribution >= 4 is 5.57 Å². The third-order valence-corrected chi connectivity index (χ3v) is 6.50. The molecular weight excluding hydrogens is 408 g/mol. The summed E-state index contributed by atoms with van der Waals surface area (Å²) in [6.07, 6.45) is 10.4. The van der Waals surface area contributed by atoms with Crippen LogP contribution >= 0.6 is 0 Å². The summed E-state index contributed by atoms with van der Waals surface area (Å²) in [5.74, 6) is 2.07. The highest BCUT2D eigenvalue weighted by molar-refractivity contribution is 5.73. The van der Waals surface area contributed by atoms with E-state index < -0.39 is 0 Å². The molecule has 168 valence electrons. The van der Waals surface area contributed by atoms with Crippen LogP contribution in [0.15, 0.2) is 79.1 Å². The molecule has 0 saturated carbocycles. The van der Waals surface area contributed by atoms with Crippen LogP contribution in [0.5, 0.6) is 5.75 Å². The maximum absolute atomic E-state index is 5.48. The smallest absolute Gasteiger partial charge is 0.159 e. The van der Waals surface area contributed by atoms with Gasteiger partial charge in [-0.15, -0.1) is 0 Å². The van der Waals surface area contributed by atoms with Gasteiger partial charge in [0.1, 0.15) is 5.75 Å². The summed E-state index contributed by atoms with van der Waals surface area (Å²) < 4.78 is 5.48. The van der Waals surface area contributed by atoms with E-state index in [0.29, 0.717) is 5.92 Å². The van der Waals surface area contributed by atoms with Crippen LogP contribution in [-0.2, 0) is 6.54 Å². The Morgan fingerprint density at radius 3 is 2.67 bits per heavy atom. The molecule has 3 aromatic rings. The van der Waals surface area contributed by atoms with Crippen LogP contribution in [0.3, 0.4) is 0 Å². The molecule has 0 amide bonds. The van der Waals surface area contributed by atoms with Crippen molar-refractivity contribution in [2.45, 2.75) is 25.3 Å². The zero-order chi connectivity index (χ0) is 22.5. The average molecular weight is 439 g/mol. The molecule has 1 saturated heterocycles. The van der Waals surface area contributed by atoms with Crippen molar-refractivity contribution in [2.75, 3.05) is 26.7 Å². The van der Waals surface area contributed by atoms with Crippen LogP contribution in [0, 0.1) is 0 Å². The highest BCUT2D eigenvalue weighted by Gasteiger charge is 2.25. The van der Waals surface area contributed by atoms with Crippen LogP contribution in [0.1, 0.15) is 35.8 Å². The number of hydrogen-bond donors (Lipinski definition) is 1. The Balaban J connectivity index is 1.42. The summed E-state index contributed by atoms with van der Waals surface area (Å²) in [6, 6.07) is 19.0. The predicted octanol–water partition coefficient (Wildman–Crippen LogP) is 5.03. The number of benzene rings is 2. The Labute approximate surface area is 195 Å². The average Bonchev–Trinajstić information content (AvgIpc) is 2.90. The SMILES string of the molecule is COc1cccc(-c2cnc(C3=CCNC=C3)nc2C2CCN(Cc3ccccc3)CC2)c1. The zero-order valence-electron chi connectivity index (χ0n) is 19.1. The van der Waals surface area contributed by atoms with Gasteiger partial charge >= 0.3 is 0 Å². The Hall–Kier alpha value is -3.44. The van der Waals surface area contributed by atoms with Gasteiger partial charge in [0.05, 0.1) is 12.8 Å². The van der Waals surface area contributed by atoms with Crippen LogP contribution < -0.4 is 10.1 Å². The number of allylic oxidation sites excluding steroid dienone is 2. The quantitative estimate of drug-likeness (QED) is 0.585. The molecule has 5 rings (SSSR count). The number of dihydropyridines is 1. The van der Waals surface area contributed by atoms with Gasteiger partial charge in [0.2, 0.25) is 0 Å². The van der Waals surface area contributed by atoms with Gasteiger partial charge in [-0.1, -0.05) is 48.5 Å². The molecule has 1 aromatic heterocycles. The van der Waals surface area contributed by atoms with Crippen molar-refractivity contribution in [3.63, 3.8) is 0 Å². The molecule has 0 spiro atoms. The molecule has 33 heavy (non-hydrogen) atoms. The van der Waals surface area contributed by atoms with Crippen molar-refractivity contribution in [1.29, 1.82) is 0 Å². The lowest BCUT2D eigenvalue weighted by atomic mass is 9.88. The maximum atomic E-state index is 5.48. The minimum atomic E-state index is 0.409. The molecule has 5 heteroatoms. The summed E-state index contributed by atoms with van der Waals surface area (Å²) >= 11 is 0. The zero-order valence-corrected chi connectivity index (χ0v) is 19.1. The summed E-state index contributed by atoms with van der Waals surface area (Å²) in [4.78, 5) is 12.4. The largest absolute Gasteiger partial charge is 0.497 e. The minimum absolute atomic E-state index is 0.409. The van der Waals surface area contributed by atoms with E-state index in [9.17, 15) is 0 Å². The fraction of sp³-hybridized carbons (Fsp3) is 0.286. The monoisotopic (exact) mass is 438 g/mol. The van der Waals surface area contributed by atoms with E-state index in [0.717, 1.165) is 73.0 Å². The highest BCUT2D eigenvalue weighted by atomic mass is 16.5. The second-order valence-corrected chi connectivity index (χ2v) is 8.66. The molecule has 0 radical (unpaired) electrons. The third-order valence-electron chi connectivity index (χ3n) is 6.50. The van der Waals surface area contributed by atoms with Gasteiger partial charge in [-0.3, -0.25) is 4.90 Å². The van der Waals surface area contributed by atoms with E-state index >= 15 is 0 Å². The van der Waals surface area contributed by atoms with Crippen molar-refractivity contribution in [3.8, 4) is 16.9 Å². The molecule has 0 atom stereocenters. The van der Waals surface area contributed by atoms with Crippen molar-refractivity contribution in [2.24, 2.45) is 0 Å². The Kier molecular flexibility index (Phi) is 6.49. The number of ether oxygens (including phenoxy) is 1. The van der Waals surface area contributed by atoms with Crippen molar-refractivity contribution < 1.29 is 4.74 Å². The Morgan fingerprint density at radius 2 is 1.91 bits per heavy atom. The number of piperidine rings is 1. The van der Waals surface area contributed by atoms with E-state index in [1.165, 1.54) is 5.56 Å². The van der Waals surface area contributed by atoms with Crippen LogP contribution in [0.2, 0.25) is 0 Å². The number of likely N-dealkylation sites (tertiary alicyclic amines) is 1. The Morgan fingerprint density at radius 1 is 1.06 bits per heavy atom. The molecule has 2 aliphatic rings. The first-order chi connectivity index (χ1) is 16.3. The number of nitrogens with one attached hydrogen (secondary N) is 1. The lowest BCUT2D eigenvalue weighted by Gasteiger charge is -2.32. The van der Waals surface area contributed by atoms with E-state index in [4.69, 9.17) is 14.7 Å². The molecular formula is C28H30N4O. The first-order valence-electron chi connectivity index (χ1n) is 11.7. The van der Waals surface area contributed by atoms with Gasteiger partial charge in [0.25, 0.3) is 0 Å². The van der Waals surface area contributed by atoms with Gasteiger partial charge < -0.3 is 10.1 Å². The molecule has 0 aliphatic carbocycles. The molecule has 1 N–H and O–H groups in total. The molecule has 3 heterocycles. The summed E-state index contributed by atoms with van der Waals surface area (Å²) in [6.45, 7) is 3.96. The molecule has 2 aliphatic heterocycles. The number of hydrogen-bond acceptors (Lipinski definition) is 5. The fourth-order valence-electron chi connectivity index (χ4n) is 4.68. The standard InChI is InChI=1S/C28H30N4O/c1-33-25-9-5-8-24(18-25)26-19-30-28(23-10-14-29-15-11-23)31-27(26)22-12-16-32(17-13-22)20-21-6-3-2-4-7-21/h2-11,14,18-19,22,29H,12-13,15-17,20H2,1H3. The minimum Gasteiger partial charge on any atom is -0.497 e. The van der Waals surface area contributed by atoms with Gasteiger partial charge in [0.15, 0.2) is 5.82 Å². The van der Waals surface area contributed by atoms with Gasteiger partial charge in [0, 0.05) is 36.3 Å². The summed E-state index contributed by atoms with van der Waals surface area (Å²) in [5, 5.41) is 3.21. The second-order valence-electron chi connectivity index (χ2n) is 8.66. The third kappa shape index (κ3) is 4.99. The molecule has 5 nitrogen and oxygen atoms in total. The first-order valence-corrected chi connectivity index (χ1v) is 11.7. The Bertz CT molecular complexity index is 1150. The van der Waals surface area contributed by atoms with E-state index in [2.05, 4.69) is 64.8 Å². The number of aromatic nitrogens is 2. The van der Waals surface area contributed by atoms with Crippen LogP contribution in [0.4, 0.5) is 0 Å². The molecule has 0 unspecified atom stereocenters. The summed E-state index contributed by atoms with van der Waals surface area (Å²) in [5.41, 5.74) is 5.83. The normalized spacial score (nSPS) is 16.8. The number of methoxy groups -OCH3 is 1. The van der Waals surface area contributed by atoms with Gasteiger partial charge in [-0.2, -0.15) is 0 Å². The van der Waals surface area contributed by atoms with Crippen LogP contribution in [0.25, 0.3) is 16.7 Å². The van der Waals surface area contributed by atoms with E-state index in [1.54, 1.807) is 7.11 Å². The van der Waals surface area contributed by atoms with Gasteiger partial charge in [-0.25, -0.2) is 9.97 Å². The topological polar surface area (TPSA) is 50.3 Å². The van der Waals surface area contributed by atoms with Crippen LogP contribution in [-0.4, -0.2) is 41.6 Å². The van der Waals surface area contributed by atoms with E-state index in [-0.39, 0.29) is 0 Å². The lowest BCUT2D eigenvalue weighted by Crippen LogP contribution is -2.33. The van der Waals surface area contributed by atoms with Crippen molar-refractivity contribution in [1.82, 2.24) is 20.2 Å². The lowest BCUT2D eigenvalue weighted by molar-refractivity contribution is 0.203. The maximum Gasteiger partial charge on any atom is 0.159 e. The fourth-order valence-corrected chi connectivity index (χ4v) is 4.68. The van der Waals surface area contributed by atoms with Crippen molar-refractivity contribution in [3.05, 3.63) is 96.2 Å². The molecule has 2 aromatic carbocycles. The first kappa shape index (κ1) is 21.4. The highest BCUT2D eigenvalue weighted by Crippen LogP contribution is 2.36. The second kappa shape index (κ2) is 10.0. The number of rotatable bonds is 6. The molecule has 1 fully saturated rings. The molecule has 0 bridgehead atoms. The number of nitrogens with zero attached hydrogens (tertiary/aromatic N) is 3. The van der Waals surface area contributed by atoms with Gasteiger partial charge in [-0.05, 0) is 61.5 Å². The van der Waals surface area contributed by atoms with E-state index in [1.807, 2.05) is 24.5 Å². The summed E-state index contributed by atoms with van der Waals surface area (Å²) in [7, 11) is 1.71. The predicted molar refractivity (Wildman–Crippen MR) is 133 cm³/mol.